The van der Waals surface area contributed by atoms with Crippen LogP contribution < -0.4 is 9.47 Å². The molecule has 0 saturated carbocycles. The lowest BCUT2D eigenvalue weighted by Gasteiger charge is -2.40. The first-order valence-electron chi connectivity index (χ1n) is 15.6. The summed E-state index contributed by atoms with van der Waals surface area (Å²) < 4.78 is 242. The second-order valence-electron chi connectivity index (χ2n) is 12.3. The fraction of sp³-hybridized carbons (Fsp3) is 0.222. The van der Waals surface area contributed by atoms with E-state index in [4.69, 9.17) is 14.0 Å². The van der Waals surface area contributed by atoms with Crippen LogP contribution in [-0.4, -0.2) is 57.4 Å². The molecule has 306 valence electrons. The van der Waals surface area contributed by atoms with Gasteiger partial charge in [0.15, 0.2) is 0 Å². The van der Waals surface area contributed by atoms with Crippen LogP contribution >= 0.6 is 0 Å². The van der Waals surface area contributed by atoms with Crippen molar-refractivity contribution in [3.05, 3.63) is 114 Å². The number of benzene rings is 5. The number of rotatable bonds is 13. The molecular weight excluding hydrogens is 836 g/mol. The third kappa shape index (κ3) is 6.81. The summed E-state index contributed by atoms with van der Waals surface area (Å²) in [6.07, 6.45) is 0. The van der Waals surface area contributed by atoms with Gasteiger partial charge in [0.25, 0.3) is 0 Å². The fourth-order valence-electron chi connectivity index (χ4n) is 5.53. The Bertz CT molecular complexity index is 2550. The van der Waals surface area contributed by atoms with Gasteiger partial charge in [0.1, 0.15) is 17.2 Å². The van der Waals surface area contributed by atoms with Crippen molar-refractivity contribution in [3.63, 3.8) is 0 Å². The summed E-state index contributed by atoms with van der Waals surface area (Å²) >= 11 is 0. The van der Waals surface area contributed by atoms with Gasteiger partial charge in [0, 0.05) is 16.3 Å². The molecule has 0 atom stereocenters. The smallest absolute Gasteiger partial charge is 0.438 e. The number of fused-ring (bicyclic) bond motifs is 1. The van der Waals surface area contributed by atoms with E-state index in [0.717, 1.165) is 23.3 Å². The van der Waals surface area contributed by atoms with Gasteiger partial charge in [0.2, 0.25) is 9.84 Å². The zero-order valence-corrected chi connectivity index (χ0v) is 30.2. The molecule has 0 fully saturated rings. The minimum Gasteiger partial charge on any atom is -0.497 e. The average molecular weight is 861 g/mol. The first-order valence-corrected chi connectivity index (χ1v) is 18.5. The summed E-state index contributed by atoms with van der Waals surface area (Å²) in [6, 6.07) is 21.7. The number of methoxy groups -OCH3 is 1. The molecule has 0 unspecified atom stereocenters. The van der Waals surface area contributed by atoms with Gasteiger partial charge in [0.05, 0.1) is 16.9 Å². The van der Waals surface area contributed by atoms with Gasteiger partial charge in [-0.15, -0.1) is 0 Å². The summed E-state index contributed by atoms with van der Waals surface area (Å²) in [6.45, 7) is 0.484. The van der Waals surface area contributed by atoms with Crippen molar-refractivity contribution in [1.29, 1.82) is 0 Å². The highest BCUT2D eigenvalue weighted by Gasteiger charge is 2.92. The first-order chi connectivity index (χ1) is 26.1. The SMILES string of the molecule is COc1ccc(-c2ccc(Oc3ccc(S(=O)(=O)c4ccc(C)c(C(F)(F)C(F)(F)C(F)(F)C(F)(F)C(F)(F)C(F)(F)S(=O)(=O)O)c4)c4ccccc34)cc2)cc1. The maximum Gasteiger partial charge on any atom is 0.438 e. The molecule has 5 rings (SSSR count). The minimum absolute atomic E-state index is 0.0528. The Morgan fingerprint density at radius 3 is 1.56 bits per heavy atom. The largest absolute Gasteiger partial charge is 0.497 e. The predicted octanol–water partition coefficient (Wildman–Crippen LogP) is 10.6. The average Bonchev–Trinajstić information content (AvgIpc) is 3.14. The van der Waals surface area contributed by atoms with E-state index in [-0.39, 0.29) is 28.3 Å². The normalized spacial score (nSPS) is 13.8. The first kappa shape index (κ1) is 43.1. The number of hydrogen-bond donors (Lipinski definition) is 1. The summed E-state index contributed by atoms with van der Waals surface area (Å²) in [5.41, 5.74) is -2.03. The van der Waals surface area contributed by atoms with Gasteiger partial charge in [-0.25, -0.2) is 8.42 Å². The maximum atomic E-state index is 15.4. The molecule has 1 N–H and O–H groups in total. The molecule has 0 spiro atoms. The highest BCUT2D eigenvalue weighted by molar-refractivity contribution is 7.91. The monoisotopic (exact) mass is 860 g/mol. The molecule has 0 saturated heterocycles. The van der Waals surface area contributed by atoms with Crippen molar-refractivity contribution in [2.75, 3.05) is 7.11 Å². The second-order valence-corrected chi connectivity index (χ2v) is 15.7. The molecule has 0 aliphatic rings. The van der Waals surface area contributed by atoms with E-state index >= 15 is 8.78 Å². The van der Waals surface area contributed by atoms with Crippen molar-refractivity contribution in [3.8, 4) is 28.4 Å². The molecule has 0 aliphatic carbocycles. The predicted molar refractivity (Wildman–Crippen MR) is 179 cm³/mol. The van der Waals surface area contributed by atoms with Crippen LogP contribution in [0.2, 0.25) is 0 Å². The topological polar surface area (TPSA) is 107 Å². The van der Waals surface area contributed by atoms with Crippen molar-refractivity contribution in [1.82, 2.24) is 0 Å². The molecule has 21 heteroatoms. The van der Waals surface area contributed by atoms with Crippen LogP contribution in [0.4, 0.5) is 52.7 Å². The lowest BCUT2D eigenvalue weighted by Crippen LogP contribution is -2.71. The number of hydrogen-bond acceptors (Lipinski definition) is 6. The highest BCUT2D eigenvalue weighted by Crippen LogP contribution is 2.62. The number of ether oxygens (including phenoxy) is 2. The van der Waals surface area contributed by atoms with Crippen LogP contribution in [0, 0.1) is 6.92 Å². The minimum atomic E-state index is -8.31. The van der Waals surface area contributed by atoms with E-state index in [1.165, 1.54) is 31.4 Å². The van der Waals surface area contributed by atoms with Gasteiger partial charge in [-0.1, -0.05) is 54.6 Å². The molecule has 5 aromatic carbocycles. The summed E-state index contributed by atoms with van der Waals surface area (Å²) in [7, 11) is -11.4. The Balaban J connectivity index is 1.53. The molecule has 5 aromatic rings. The third-order valence-corrected chi connectivity index (χ3v) is 11.5. The fourth-order valence-corrected chi connectivity index (χ4v) is 7.47. The summed E-state index contributed by atoms with van der Waals surface area (Å²) in [5, 5.41) is -7.67. The van der Waals surface area contributed by atoms with Crippen molar-refractivity contribution in [2.45, 2.75) is 51.6 Å². The van der Waals surface area contributed by atoms with Crippen LogP contribution in [0.5, 0.6) is 17.2 Å². The van der Waals surface area contributed by atoms with E-state index < -0.39 is 75.7 Å². The van der Waals surface area contributed by atoms with Gasteiger partial charge in [-0.2, -0.15) is 61.1 Å². The molecule has 0 aliphatic heterocycles. The summed E-state index contributed by atoms with van der Waals surface area (Å²) in [4.78, 5) is -2.03. The number of halogens is 12. The van der Waals surface area contributed by atoms with Gasteiger partial charge < -0.3 is 9.47 Å². The standard InChI is InChI=1S/C36H24F12O7S2/c1-20-7-16-25(19-28(20)31(37,38)32(39,40)33(41,42)34(43,44)35(45,46)36(47,48)57(51,52)53)56(49,50)30-18-17-29(26-5-3-4-6-27(26)30)55-24-14-10-22(11-15-24)21-8-12-23(54-2)13-9-21/h3-19H,1-2H3,(H,51,52,53). The Hall–Kier alpha value is -5.02. The van der Waals surface area contributed by atoms with Crippen LogP contribution in [0.3, 0.4) is 0 Å². The third-order valence-electron chi connectivity index (χ3n) is 8.76. The van der Waals surface area contributed by atoms with Crippen LogP contribution in [0.25, 0.3) is 21.9 Å². The Morgan fingerprint density at radius 2 is 1.05 bits per heavy atom. The molecule has 0 bridgehead atoms. The molecule has 7 nitrogen and oxygen atoms in total. The van der Waals surface area contributed by atoms with E-state index in [9.17, 15) is 60.7 Å². The zero-order chi connectivity index (χ0) is 42.8. The lowest BCUT2D eigenvalue weighted by atomic mass is 9.89. The van der Waals surface area contributed by atoms with Crippen molar-refractivity contribution >= 4 is 30.7 Å². The Morgan fingerprint density at radius 1 is 0.561 bits per heavy atom. The van der Waals surface area contributed by atoms with E-state index in [2.05, 4.69) is 0 Å². The van der Waals surface area contributed by atoms with Crippen molar-refractivity contribution in [2.24, 2.45) is 0 Å². The quantitative estimate of drug-likeness (QED) is 0.0928. The molecule has 0 aromatic heterocycles. The van der Waals surface area contributed by atoms with E-state index in [1.54, 1.807) is 48.5 Å². The lowest BCUT2D eigenvalue weighted by molar-refractivity contribution is -0.419. The molecule has 0 amide bonds. The second kappa shape index (κ2) is 14.1. The number of alkyl halides is 12. The molecule has 0 heterocycles. The Labute approximate surface area is 315 Å². The van der Waals surface area contributed by atoms with Gasteiger partial charge in [-0.05, 0) is 72.1 Å². The van der Waals surface area contributed by atoms with Gasteiger partial charge >= 0.3 is 45.0 Å². The van der Waals surface area contributed by atoms with Gasteiger partial charge in [-0.3, -0.25) is 4.55 Å². The maximum absolute atomic E-state index is 15.4. The number of aryl methyl sites for hydroxylation is 1. The Kier molecular flexibility index (Phi) is 10.7. The van der Waals surface area contributed by atoms with E-state index in [0.29, 0.717) is 24.8 Å². The summed E-state index contributed by atoms with van der Waals surface area (Å²) in [5.74, 6) is -38.3. The molecular formula is C36H24F12O7S2. The van der Waals surface area contributed by atoms with Crippen LogP contribution in [-0.2, 0) is 25.9 Å². The zero-order valence-electron chi connectivity index (χ0n) is 28.6. The molecule has 0 radical (unpaired) electrons. The van der Waals surface area contributed by atoms with Crippen molar-refractivity contribution < 1.29 is 83.5 Å². The highest BCUT2D eigenvalue weighted by atomic mass is 32.2. The van der Waals surface area contributed by atoms with E-state index in [1.807, 2.05) is 0 Å². The number of sulfone groups is 1. The van der Waals surface area contributed by atoms with Crippen LogP contribution in [0.15, 0.2) is 113 Å². The molecule has 57 heavy (non-hydrogen) atoms. The van der Waals surface area contributed by atoms with Crippen LogP contribution in [0.1, 0.15) is 11.1 Å².